The molecule has 0 bridgehead atoms. The summed E-state index contributed by atoms with van der Waals surface area (Å²) in [5, 5.41) is 7.07. The largest absolute Gasteiger partial charge is 0.348 e. The van der Waals surface area contributed by atoms with Crippen LogP contribution in [0.1, 0.15) is 34.3 Å². The summed E-state index contributed by atoms with van der Waals surface area (Å²) in [6.07, 6.45) is 5.45. The van der Waals surface area contributed by atoms with Crippen LogP contribution in [0.25, 0.3) is 0 Å². The summed E-state index contributed by atoms with van der Waals surface area (Å²) in [7, 11) is -3.46. The third-order valence-corrected chi connectivity index (χ3v) is 7.11. The van der Waals surface area contributed by atoms with E-state index in [9.17, 15) is 13.2 Å². The van der Waals surface area contributed by atoms with E-state index in [2.05, 4.69) is 10.4 Å². The molecule has 1 aliphatic rings. The standard InChI is InChI=1S/C22H24N4O3S/c27-22(20-8-10-21(11-9-20)30(28,29)26-14-1-2-15-26)23-16-18-4-6-19(7-5-18)17-25-13-3-12-24-25/h3-13H,1-2,14-17H2,(H,23,27). The molecule has 0 saturated carbocycles. The number of sulfonamides is 1. The molecule has 1 saturated heterocycles. The highest BCUT2D eigenvalue weighted by molar-refractivity contribution is 7.89. The lowest BCUT2D eigenvalue weighted by atomic mass is 10.1. The van der Waals surface area contributed by atoms with Gasteiger partial charge in [-0.2, -0.15) is 9.40 Å². The summed E-state index contributed by atoms with van der Waals surface area (Å²) in [6.45, 7) is 2.22. The lowest BCUT2D eigenvalue weighted by Crippen LogP contribution is -2.28. The fourth-order valence-corrected chi connectivity index (χ4v) is 5.00. The molecule has 4 rings (SSSR count). The molecule has 1 amide bonds. The van der Waals surface area contributed by atoms with Gasteiger partial charge in [-0.3, -0.25) is 9.48 Å². The Morgan fingerprint density at radius 2 is 1.63 bits per heavy atom. The Kier molecular flexibility index (Phi) is 5.96. The lowest BCUT2D eigenvalue weighted by molar-refractivity contribution is 0.0951. The number of rotatable bonds is 7. The number of hydrogen-bond acceptors (Lipinski definition) is 4. The molecule has 7 nitrogen and oxygen atoms in total. The molecule has 156 valence electrons. The number of hydrogen-bond donors (Lipinski definition) is 1. The smallest absolute Gasteiger partial charge is 0.251 e. The molecule has 0 aliphatic carbocycles. The highest BCUT2D eigenvalue weighted by Crippen LogP contribution is 2.21. The Morgan fingerprint density at radius 1 is 0.967 bits per heavy atom. The van der Waals surface area contributed by atoms with Crippen molar-refractivity contribution in [2.45, 2.75) is 30.8 Å². The second-order valence-electron chi connectivity index (χ2n) is 7.34. The van der Waals surface area contributed by atoms with E-state index in [1.54, 1.807) is 18.3 Å². The van der Waals surface area contributed by atoms with Gasteiger partial charge in [0.15, 0.2) is 0 Å². The van der Waals surface area contributed by atoms with Crippen molar-refractivity contribution in [3.63, 3.8) is 0 Å². The number of nitrogens with one attached hydrogen (secondary N) is 1. The zero-order chi connectivity index (χ0) is 21.0. The van der Waals surface area contributed by atoms with Crippen LogP contribution >= 0.6 is 0 Å². The van der Waals surface area contributed by atoms with Crippen molar-refractivity contribution in [3.05, 3.63) is 83.7 Å². The van der Waals surface area contributed by atoms with Crippen molar-refractivity contribution in [1.82, 2.24) is 19.4 Å². The van der Waals surface area contributed by atoms with Gasteiger partial charge in [0.05, 0.1) is 11.4 Å². The number of carbonyl (C=O) groups is 1. The van der Waals surface area contributed by atoms with E-state index in [4.69, 9.17) is 0 Å². The van der Waals surface area contributed by atoms with Crippen LogP contribution < -0.4 is 5.32 Å². The third kappa shape index (κ3) is 4.60. The zero-order valence-electron chi connectivity index (χ0n) is 16.6. The number of amides is 1. The molecule has 0 unspecified atom stereocenters. The summed E-state index contributed by atoms with van der Waals surface area (Å²) < 4.78 is 28.5. The SMILES string of the molecule is O=C(NCc1ccc(Cn2cccn2)cc1)c1ccc(S(=O)(=O)N2CCCC2)cc1. The summed E-state index contributed by atoms with van der Waals surface area (Å²) >= 11 is 0. The van der Waals surface area contributed by atoms with Crippen LogP contribution in [0, 0.1) is 0 Å². The molecule has 0 atom stereocenters. The molecule has 0 spiro atoms. The van der Waals surface area contributed by atoms with Crippen molar-refractivity contribution in [2.75, 3.05) is 13.1 Å². The molecule has 8 heteroatoms. The summed E-state index contributed by atoms with van der Waals surface area (Å²) in [4.78, 5) is 12.7. The second-order valence-corrected chi connectivity index (χ2v) is 9.28. The molecular formula is C22H24N4O3S. The topological polar surface area (TPSA) is 84.3 Å². The van der Waals surface area contributed by atoms with Crippen molar-refractivity contribution in [3.8, 4) is 0 Å². The highest BCUT2D eigenvalue weighted by atomic mass is 32.2. The van der Waals surface area contributed by atoms with Gasteiger partial charge in [-0.1, -0.05) is 24.3 Å². The molecule has 1 fully saturated rings. The van der Waals surface area contributed by atoms with Gasteiger partial charge >= 0.3 is 0 Å². The van der Waals surface area contributed by atoms with Gasteiger partial charge in [-0.15, -0.1) is 0 Å². The minimum absolute atomic E-state index is 0.230. The van der Waals surface area contributed by atoms with Gasteiger partial charge in [0.25, 0.3) is 5.91 Å². The first-order valence-corrected chi connectivity index (χ1v) is 11.4. The Labute approximate surface area is 176 Å². The Bertz CT molecular complexity index is 1090. The van der Waals surface area contributed by atoms with Crippen LogP contribution in [0.4, 0.5) is 0 Å². The first-order valence-electron chi connectivity index (χ1n) is 9.96. The maximum atomic E-state index is 12.6. The van der Waals surface area contributed by atoms with E-state index in [0.29, 0.717) is 31.7 Å². The molecule has 1 aliphatic heterocycles. The molecule has 3 aromatic rings. The molecular weight excluding hydrogens is 400 g/mol. The van der Waals surface area contributed by atoms with Crippen LogP contribution in [-0.2, 0) is 23.1 Å². The number of benzene rings is 2. The minimum Gasteiger partial charge on any atom is -0.348 e. The average molecular weight is 425 g/mol. The summed E-state index contributed by atoms with van der Waals surface area (Å²) in [5.74, 6) is -0.235. The Balaban J connectivity index is 1.33. The van der Waals surface area contributed by atoms with Crippen LogP contribution in [0.2, 0.25) is 0 Å². The maximum Gasteiger partial charge on any atom is 0.251 e. The van der Waals surface area contributed by atoms with Gasteiger partial charge in [0.1, 0.15) is 0 Å². The minimum atomic E-state index is -3.46. The van der Waals surface area contributed by atoms with Gasteiger partial charge in [-0.05, 0) is 54.3 Å². The van der Waals surface area contributed by atoms with Crippen LogP contribution in [0.3, 0.4) is 0 Å². The first kappa shape index (κ1) is 20.3. The van der Waals surface area contributed by atoms with E-state index in [0.717, 1.165) is 24.0 Å². The normalized spacial score (nSPS) is 14.7. The number of aromatic nitrogens is 2. The van der Waals surface area contributed by atoms with E-state index >= 15 is 0 Å². The monoisotopic (exact) mass is 424 g/mol. The highest BCUT2D eigenvalue weighted by Gasteiger charge is 2.27. The van der Waals surface area contributed by atoms with E-state index in [1.807, 2.05) is 41.2 Å². The van der Waals surface area contributed by atoms with Crippen molar-refractivity contribution in [2.24, 2.45) is 0 Å². The average Bonchev–Trinajstić information content (AvgIpc) is 3.48. The van der Waals surface area contributed by atoms with Crippen molar-refractivity contribution in [1.29, 1.82) is 0 Å². The quantitative estimate of drug-likeness (QED) is 0.632. The fourth-order valence-electron chi connectivity index (χ4n) is 3.48. The number of nitrogens with zero attached hydrogens (tertiary/aromatic N) is 3. The lowest BCUT2D eigenvalue weighted by Gasteiger charge is -2.15. The van der Waals surface area contributed by atoms with E-state index in [1.165, 1.54) is 16.4 Å². The van der Waals surface area contributed by atoms with Crippen molar-refractivity contribution >= 4 is 15.9 Å². The van der Waals surface area contributed by atoms with Crippen LogP contribution in [-0.4, -0.2) is 41.5 Å². The Hall–Kier alpha value is -2.97. The Morgan fingerprint density at radius 3 is 2.27 bits per heavy atom. The first-order chi connectivity index (χ1) is 14.5. The fraction of sp³-hybridized carbons (Fsp3) is 0.273. The van der Waals surface area contributed by atoms with Gasteiger partial charge in [0, 0.05) is 37.6 Å². The van der Waals surface area contributed by atoms with E-state index < -0.39 is 10.0 Å². The summed E-state index contributed by atoms with van der Waals surface area (Å²) in [5.41, 5.74) is 2.55. The third-order valence-electron chi connectivity index (χ3n) is 5.20. The van der Waals surface area contributed by atoms with E-state index in [-0.39, 0.29) is 10.8 Å². The molecule has 30 heavy (non-hydrogen) atoms. The molecule has 1 aromatic heterocycles. The van der Waals surface area contributed by atoms with Crippen LogP contribution in [0.15, 0.2) is 71.9 Å². The predicted octanol–water partition coefficient (Wildman–Crippen LogP) is 2.65. The number of carbonyl (C=O) groups excluding carboxylic acids is 1. The molecule has 0 radical (unpaired) electrons. The van der Waals surface area contributed by atoms with Crippen LogP contribution in [0.5, 0.6) is 0 Å². The van der Waals surface area contributed by atoms with Crippen molar-refractivity contribution < 1.29 is 13.2 Å². The molecule has 2 aromatic carbocycles. The maximum absolute atomic E-state index is 12.6. The predicted molar refractivity (Wildman–Crippen MR) is 113 cm³/mol. The van der Waals surface area contributed by atoms with Gasteiger partial charge < -0.3 is 5.32 Å². The molecule has 1 N–H and O–H groups in total. The van der Waals surface area contributed by atoms with Gasteiger partial charge in [0.2, 0.25) is 10.0 Å². The summed E-state index contributed by atoms with van der Waals surface area (Å²) in [6, 6.07) is 16.0. The zero-order valence-corrected chi connectivity index (χ0v) is 17.4. The van der Waals surface area contributed by atoms with Gasteiger partial charge in [-0.25, -0.2) is 8.42 Å². The molecule has 2 heterocycles. The second kappa shape index (κ2) is 8.81.